The summed E-state index contributed by atoms with van der Waals surface area (Å²) in [6.45, 7) is 12.8. The number of allylic oxidation sites excluding steroid dienone is 1. The van der Waals surface area contributed by atoms with Crippen molar-refractivity contribution in [1.82, 2.24) is 0 Å². The third-order valence-corrected chi connectivity index (χ3v) is 7.08. The number of hydrogen-bond donors (Lipinski definition) is 1. The number of methoxy groups -OCH3 is 1. The van der Waals surface area contributed by atoms with Gasteiger partial charge in [-0.25, -0.2) is 4.79 Å². The van der Waals surface area contributed by atoms with E-state index in [1.165, 1.54) is 18.6 Å². The molecule has 1 N–H and O–H groups in total. The molecule has 28 heavy (non-hydrogen) atoms. The van der Waals surface area contributed by atoms with Gasteiger partial charge in [-0.2, -0.15) is 0 Å². The lowest BCUT2D eigenvalue weighted by Gasteiger charge is -2.59. The third-order valence-electron chi connectivity index (χ3n) is 7.08. The number of rotatable bonds is 7. The summed E-state index contributed by atoms with van der Waals surface area (Å²) in [5.74, 6) is -0.519. The van der Waals surface area contributed by atoms with Gasteiger partial charge in [0.25, 0.3) is 0 Å². The Bertz CT molecular complexity index is 647. The molecule has 0 heterocycles. The number of fused-ring (bicyclic) bond motifs is 1. The van der Waals surface area contributed by atoms with E-state index in [1.807, 2.05) is 0 Å². The van der Waals surface area contributed by atoms with Gasteiger partial charge in [0, 0.05) is 20.1 Å². The minimum Gasteiger partial charge on any atom is -0.478 e. The number of ether oxygens (including phenoxy) is 2. The quantitative estimate of drug-likeness (QED) is 0.384. The molecule has 158 valence electrons. The van der Waals surface area contributed by atoms with Gasteiger partial charge < -0.3 is 14.6 Å². The fraction of sp³-hybridized carbons (Fsp3) is 0.739. The van der Waals surface area contributed by atoms with Gasteiger partial charge in [-0.3, -0.25) is 4.79 Å². The summed E-state index contributed by atoms with van der Waals surface area (Å²) in [6.07, 6.45) is 7.07. The van der Waals surface area contributed by atoms with Crippen molar-refractivity contribution >= 4 is 11.9 Å². The number of esters is 1. The molecule has 0 spiro atoms. The molecule has 5 heteroatoms. The van der Waals surface area contributed by atoms with Crippen molar-refractivity contribution in [2.75, 3.05) is 13.7 Å². The molecule has 5 nitrogen and oxygen atoms in total. The summed E-state index contributed by atoms with van der Waals surface area (Å²) < 4.78 is 10.8. The van der Waals surface area contributed by atoms with Crippen LogP contribution in [0.3, 0.4) is 0 Å². The van der Waals surface area contributed by atoms with Gasteiger partial charge in [0.1, 0.15) is 6.61 Å². The second kappa shape index (κ2) is 8.81. The van der Waals surface area contributed by atoms with Crippen LogP contribution >= 0.6 is 0 Å². The minimum absolute atomic E-state index is 0.0349. The largest absolute Gasteiger partial charge is 0.478 e. The zero-order valence-corrected chi connectivity index (χ0v) is 18.0. The maximum absolute atomic E-state index is 11.2. The number of hydrogen-bond acceptors (Lipinski definition) is 4. The van der Waals surface area contributed by atoms with E-state index in [9.17, 15) is 9.59 Å². The molecule has 0 amide bonds. The number of carboxylic acid groups (broad SMARTS) is 1. The van der Waals surface area contributed by atoms with Gasteiger partial charge in [0.2, 0.25) is 0 Å². The van der Waals surface area contributed by atoms with Crippen LogP contribution in [0.15, 0.2) is 23.8 Å². The van der Waals surface area contributed by atoms with Crippen LogP contribution in [-0.4, -0.2) is 36.9 Å². The molecule has 0 aromatic rings. The van der Waals surface area contributed by atoms with Gasteiger partial charge >= 0.3 is 11.9 Å². The molecule has 0 aromatic heterocycles. The average Bonchev–Trinajstić information content (AvgIpc) is 2.56. The Kier molecular flexibility index (Phi) is 7.13. The van der Waals surface area contributed by atoms with Crippen molar-refractivity contribution in [2.45, 2.75) is 72.3 Å². The molecule has 2 aliphatic rings. The molecule has 0 aromatic carbocycles. The molecule has 0 bridgehead atoms. The lowest BCUT2D eigenvalue weighted by atomic mass is 9.46. The normalized spacial score (nSPS) is 32.5. The first-order valence-corrected chi connectivity index (χ1v) is 10.3. The summed E-state index contributed by atoms with van der Waals surface area (Å²) in [5.41, 5.74) is 2.17. The maximum Gasteiger partial charge on any atom is 0.328 e. The molecule has 0 saturated heterocycles. The molecule has 4 atom stereocenters. The van der Waals surface area contributed by atoms with Crippen molar-refractivity contribution in [1.29, 1.82) is 0 Å². The third kappa shape index (κ3) is 5.05. The smallest absolute Gasteiger partial charge is 0.328 e. The van der Waals surface area contributed by atoms with E-state index < -0.39 is 11.9 Å². The van der Waals surface area contributed by atoms with Crippen LogP contribution in [0, 0.1) is 22.7 Å². The SMILES string of the molecule is C=C1CC[C@@H]2C(C)(C)C[C@@H](OC)C[C@@]2(C)[C@@H]1CC/C(=C/C(=O)O)COC(C)=O. The summed E-state index contributed by atoms with van der Waals surface area (Å²) in [6, 6.07) is 0. The number of aliphatic carboxylic acids is 1. The van der Waals surface area contributed by atoms with Crippen LogP contribution in [0.1, 0.15) is 66.2 Å². The van der Waals surface area contributed by atoms with Crippen LogP contribution in [0.4, 0.5) is 0 Å². The number of carboxylic acids is 1. The minimum atomic E-state index is -1.01. The van der Waals surface area contributed by atoms with E-state index in [0.717, 1.165) is 32.1 Å². The predicted octanol–water partition coefficient (Wildman–Crippen LogP) is 4.76. The van der Waals surface area contributed by atoms with E-state index in [1.54, 1.807) is 7.11 Å². The van der Waals surface area contributed by atoms with Crippen LogP contribution in [0.25, 0.3) is 0 Å². The topological polar surface area (TPSA) is 72.8 Å². The van der Waals surface area contributed by atoms with Crippen LogP contribution in [-0.2, 0) is 19.1 Å². The first kappa shape index (κ1) is 22.7. The Balaban J connectivity index is 2.22. The highest BCUT2D eigenvalue weighted by Crippen LogP contribution is 2.62. The summed E-state index contributed by atoms with van der Waals surface area (Å²) >= 11 is 0. The van der Waals surface area contributed by atoms with Gasteiger partial charge in [0.15, 0.2) is 0 Å². The molecule has 0 aliphatic heterocycles. The Morgan fingerprint density at radius 3 is 2.54 bits per heavy atom. The van der Waals surface area contributed by atoms with Crippen molar-refractivity contribution in [3.8, 4) is 0 Å². The first-order chi connectivity index (χ1) is 13.0. The highest BCUT2D eigenvalue weighted by Gasteiger charge is 2.55. The van der Waals surface area contributed by atoms with E-state index in [-0.39, 0.29) is 23.5 Å². The number of carbonyl (C=O) groups excluding carboxylic acids is 1. The van der Waals surface area contributed by atoms with Crippen LogP contribution in [0.2, 0.25) is 0 Å². The molecule has 0 unspecified atom stereocenters. The molecular formula is C23H36O5. The fourth-order valence-electron chi connectivity index (χ4n) is 5.99. The Morgan fingerprint density at radius 1 is 1.29 bits per heavy atom. The highest BCUT2D eigenvalue weighted by molar-refractivity contribution is 5.80. The van der Waals surface area contributed by atoms with Crippen molar-refractivity contribution in [3.63, 3.8) is 0 Å². The molecule has 2 fully saturated rings. The predicted molar refractivity (Wildman–Crippen MR) is 109 cm³/mol. The van der Waals surface area contributed by atoms with Crippen LogP contribution < -0.4 is 0 Å². The van der Waals surface area contributed by atoms with E-state index in [2.05, 4.69) is 27.4 Å². The molecule has 2 rings (SSSR count). The monoisotopic (exact) mass is 392 g/mol. The Hall–Kier alpha value is -1.62. The average molecular weight is 393 g/mol. The number of carbonyl (C=O) groups is 2. The summed E-state index contributed by atoms with van der Waals surface area (Å²) in [4.78, 5) is 22.3. The molecule has 2 aliphatic carbocycles. The van der Waals surface area contributed by atoms with Gasteiger partial charge in [-0.15, -0.1) is 0 Å². The van der Waals surface area contributed by atoms with Crippen molar-refractivity contribution in [3.05, 3.63) is 23.8 Å². The standard InChI is InChI=1S/C23H36O5/c1-15-7-10-20-22(3,4)12-18(27-6)13-23(20,5)19(15)9-8-17(11-21(25)26)14-28-16(2)24/h11,18-20H,1,7-10,12-14H2,2-6H3,(H,25,26)/b17-11-/t18-,19-,20-,23+/m1/s1. The second-order valence-electron chi connectivity index (χ2n) is 9.52. The van der Waals surface area contributed by atoms with E-state index >= 15 is 0 Å². The maximum atomic E-state index is 11.2. The Labute approximate surface area is 169 Å². The fourth-order valence-corrected chi connectivity index (χ4v) is 5.99. The van der Waals surface area contributed by atoms with Crippen molar-refractivity contribution in [2.24, 2.45) is 22.7 Å². The van der Waals surface area contributed by atoms with Gasteiger partial charge in [0.05, 0.1) is 6.10 Å². The highest BCUT2D eigenvalue weighted by atomic mass is 16.5. The first-order valence-electron chi connectivity index (χ1n) is 10.3. The molecule has 2 saturated carbocycles. The summed E-state index contributed by atoms with van der Waals surface area (Å²) in [5, 5.41) is 9.16. The van der Waals surface area contributed by atoms with Crippen LogP contribution in [0.5, 0.6) is 0 Å². The zero-order valence-electron chi connectivity index (χ0n) is 18.0. The van der Waals surface area contributed by atoms with E-state index in [0.29, 0.717) is 23.8 Å². The Morgan fingerprint density at radius 2 is 1.96 bits per heavy atom. The van der Waals surface area contributed by atoms with Gasteiger partial charge in [-0.1, -0.05) is 32.9 Å². The van der Waals surface area contributed by atoms with Crippen molar-refractivity contribution < 1.29 is 24.2 Å². The zero-order chi connectivity index (χ0) is 21.1. The molecule has 0 radical (unpaired) electrons. The lowest BCUT2D eigenvalue weighted by molar-refractivity contribution is -0.140. The summed E-state index contributed by atoms with van der Waals surface area (Å²) in [7, 11) is 1.80. The second-order valence-corrected chi connectivity index (χ2v) is 9.52. The van der Waals surface area contributed by atoms with E-state index in [4.69, 9.17) is 14.6 Å². The lowest BCUT2D eigenvalue weighted by Crippen LogP contribution is -2.53. The van der Waals surface area contributed by atoms with Gasteiger partial charge in [-0.05, 0) is 66.8 Å². The molecular weight excluding hydrogens is 356 g/mol.